The van der Waals surface area contributed by atoms with Crippen LogP contribution in [0.1, 0.15) is 37.7 Å². The van der Waals surface area contributed by atoms with Crippen molar-refractivity contribution in [3.05, 3.63) is 30.1 Å². The molecule has 1 amide bonds. The summed E-state index contributed by atoms with van der Waals surface area (Å²) >= 11 is 0. The molecule has 0 aromatic carbocycles. The Labute approximate surface area is 196 Å². The van der Waals surface area contributed by atoms with Crippen molar-refractivity contribution in [2.45, 2.75) is 63.1 Å². The van der Waals surface area contributed by atoms with Gasteiger partial charge in [0.05, 0.1) is 0 Å². The molecule has 14 heteroatoms. The molecular formula is C21H25F6N3O5. The minimum absolute atomic E-state index is 0.395. The number of carboxylic acid groups (broad SMARTS) is 2. The second-order valence-electron chi connectivity index (χ2n) is 8.39. The fourth-order valence-corrected chi connectivity index (χ4v) is 3.98. The van der Waals surface area contributed by atoms with Gasteiger partial charge in [0.1, 0.15) is 0 Å². The summed E-state index contributed by atoms with van der Waals surface area (Å²) in [6.07, 6.45) is -0.830. The van der Waals surface area contributed by atoms with E-state index >= 15 is 0 Å². The molecular weight excluding hydrogens is 488 g/mol. The highest BCUT2D eigenvalue weighted by atomic mass is 19.4. The Balaban J connectivity index is 0.000000257. The first-order valence-electron chi connectivity index (χ1n) is 10.7. The normalized spacial score (nSPS) is 22.3. The Kier molecular flexibility index (Phi) is 9.46. The van der Waals surface area contributed by atoms with E-state index in [9.17, 15) is 31.1 Å². The Morgan fingerprint density at radius 1 is 0.971 bits per heavy atom. The second-order valence-corrected chi connectivity index (χ2v) is 8.39. The maximum absolute atomic E-state index is 12.3. The molecule has 196 valence electrons. The molecule has 35 heavy (non-hydrogen) atoms. The van der Waals surface area contributed by atoms with Crippen LogP contribution in [-0.2, 0) is 20.9 Å². The van der Waals surface area contributed by atoms with Crippen LogP contribution in [0.3, 0.4) is 0 Å². The van der Waals surface area contributed by atoms with Crippen molar-refractivity contribution in [2.75, 3.05) is 13.1 Å². The molecule has 2 saturated heterocycles. The third kappa shape index (κ3) is 9.00. The number of fused-ring (bicyclic) bond motifs is 1. The molecule has 8 nitrogen and oxygen atoms in total. The summed E-state index contributed by atoms with van der Waals surface area (Å²) in [5.74, 6) is -4.33. The molecule has 3 fully saturated rings. The average Bonchev–Trinajstić information content (AvgIpc) is 3.49. The van der Waals surface area contributed by atoms with Gasteiger partial charge in [-0.2, -0.15) is 26.3 Å². The minimum atomic E-state index is -5.08. The lowest BCUT2D eigenvalue weighted by molar-refractivity contribution is -0.193. The third-order valence-electron chi connectivity index (χ3n) is 5.75. The first kappa shape index (κ1) is 28.3. The van der Waals surface area contributed by atoms with Gasteiger partial charge in [-0.25, -0.2) is 9.59 Å². The number of carbonyl (C=O) groups excluding carboxylic acids is 1. The number of carboxylic acids is 2. The zero-order valence-corrected chi connectivity index (χ0v) is 18.4. The molecule has 0 radical (unpaired) electrons. The summed E-state index contributed by atoms with van der Waals surface area (Å²) in [6.45, 7) is 3.10. The van der Waals surface area contributed by atoms with Gasteiger partial charge in [-0.15, -0.1) is 0 Å². The van der Waals surface area contributed by atoms with E-state index in [4.69, 9.17) is 19.8 Å². The fraction of sp³-hybridized carbons (Fsp3) is 0.619. The molecule has 4 rings (SSSR count). The molecule has 0 unspecified atom stereocenters. The topological polar surface area (TPSA) is 111 Å². The molecule has 0 spiro atoms. The third-order valence-corrected chi connectivity index (χ3v) is 5.75. The van der Waals surface area contributed by atoms with Gasteiger partial charge in [-0.05, 0) is 43.2 Å². The number of rotatable bonds is 4. The number of hydrogen-bond acceptors (Lipinski definition) is 5. The zero-order chi connectivity index (χ0) is 26.4. The molecule has 2 N–H and O–H groups in total. The summed E-state index contributed by atoms with van der Waals surface area (Å²) in [5.41, 5.74) is 1.28. The van der Waals surface area contributed by atoms with Crippen molar-refractivity contribution in [1.82, 2.24) is 14.8 Å². The lowest BCUT2D eigenvalue weighted by atomic mass is 9.95. The molecule has 1 aromatic rings. The summed E-state index contributed by atoms with van der Waals surface area (Å²) in [7, 11) is 0. The van der Waals surface area contributed by atoms with Crippen molar-refractivity contribution >= 4 is 17.8 Å². The maximum atomic E-state index is 12.3. The number of pyridine rings is 1. The lowest BCUT2D eigenvalue weighted by Crippen LogP contribution is -2.52. The van der Waals surface area contributed by atoms with E-state index in [1.54, 1.807) is 0 Å². The van der Waals surface area contributed by atoms with E-state index in [1.165, 1.54) is 18.4 Å². The Hall–Kier alpha value is -2.90. The Morgan fingerprint density at radius 2 is 1.54 bits per heavy atom. The Bertz CT molecular complexity index is 852. The number of likely N-dealkylation sites (tertiary alicyclic amines) is 2. The molecule has 1 aliphatic carbocycles. The van der Waals surface area contributed by atoms with Gasteiger partial charge in [0.15, 0.2) is 0 Å². The van der Waals surface area contributed by atoms with Crippen LogP contribution < -0.4 is 0 Å². The molecule has 2 atom stereocenters. The number of aliphatic carboxylic acids is 2. The largest absolute Gasteiger partial charge is 0.490 e. The number of nitrogens with zero attached hydrogens (tertiary/aromatic N) is 3. The van der Waals surface area contributed by atoms with Crippen molar-refractivity contribution in [3.8, 4) is 0 Å². The Morgan fingerprint density at radius 3 is 2.00 bits per heavy atom. The molecule has 0 bridgehead atoms. The first-order valence-corrected chi connectivity index (χ1v) is 10.7. The van der Waals surface area contributed by atoms with Crippen LogP contribution >= 0.6 is 0 Å². The number of carbonyl (C=O) groups is 3. The van der Waals surface area contributed by atoms with Crippen molar-refractivity contribution in [1.29, 1.82) is 0 Å². The molecule has 1 saturated carbocycles. The van der Waals surface area contributed by atoms with Gasteiger partial charge >= 0.3 is 24.3 Å². The fourth-order valence-electron chi connectivity index (χ4n) is 3.98. The maximum Gasteiger partial charge on any atom is 0.490 e. The van der Waals surface area contributed by atoms with Gasteiger partial charge in [0.25, 0.3) is 0 Å². The number of aromatic nitrogens is 1. The van der Waals surface area contributed by atoms with Crippen LogP contribution in [0.15, 0.2) is 24.5 Å². The average molecular weight is 513 g/mol. The zero-order valence-electron chi connectivity index (χ0n) is 18.4. The predicted molar refractivity (Wildman–Crippen MR) is 108 cm³/mol. The van der Waals surface area contributed by atoms with Crippen LogP contribution in [0.25, 0.3) is 0 Å². The van der Waals surface area contributed by atoms with Gasteiger partial charge in [0, 0.05) is 50.5 Å². The first-order chi connectivity index (χ1) is 16.2. The van der Waals surface area contributed by atoms with Crippen LogP contribution in [-0.4, -0.2) is 80.4 Å². The van der Waals surface area contributed by atoms with E-state index in [-0.39, 0.29) is 0 Å². The van der Waals surface area contributed by atoms with E-state index in [1.807, 2.05) is 18.5 Å². The number of piperidine rings is 1. The molecule has 3 heterocycles. The van der Waals surface area contributed by atoms with Crippen molar-refractivity contribution < 1.29 is 50.9 Å². The van der Waals surface area contributed by atoms with Crippen molar-refractivity contribution in [2.24, 2.45) is 5.92 Å². The van der Waals surface area contributed by atoms with Crippen LogP contribution in [0.5, 0.6) is 0 Å². The lowest BCUT2D eigenvalue weighted by Gasteiger charge is -2.40. The standard InChI is InChI=1S/C17H23N3O.2C2HF3O2/c21-17-6-5-15-16(20(17)12-13-3-4-13)7-9-19(15)11-14-2-1-8-18-10-14;2*3-2(4,5)1(6)7/h1-2,8,10,13,15-16H,3-7,9,11-12H2;2*(H,6,7)/t15-,16-;;/m1../s1. The van der Waals surface area contributed by atoms with E-state index in [2.05, 4.69) is 20.9 Å². The van der Waals surface area contributed by atoms with Gasteiger partial charge in [-0.1, -0.05) is 6.07 Å². The number of alkyl halides is 6. The minimum Gasteiger partial charge on any atom is -0.475 e. The smallest absolute Gasteiger partial charge is 0.475 e. The molecule has 2 aliphatic heterocycles. The second kappa shape index (κ2) is 11.7. The quantitative estimate of drug-likeness (QED) is 0.595. The van der Waals surface area contributed by atoms with Crippen LogP contribution in [0.2, 0.25) is 0 Å². The summed E-state index contributed by atoms with van der Waals surface area (Å²) in [4.78, 5) is 39.0. The van der Waals surface area contributed by atoms with Crippen molar-refractivity contribution in [3.63, 3.8) is 0 Å². The van der Waals surface area contributed by atoms with E-state index in [0.717, 1.165) is 44.8 Å². The summed E-state index contributed by atoms with van der Waals surface area (Å²) in [6, 6.07) is 5.17. The molecule has 1 aromatic heterocycles. The van der Waals surface area contributed by atoms with Crippen LogP contribution in [0, 0.1) is 5.92 Å². The number of hydrogen-bond donors (Lipinski definition) is 2. The monoisotopic (exact) mass is 513 g/mol. The SMILES string of the molecule is O=C(O)C(F)(F)F.O=C(O)C(F)(F)F.O=C1CC[C@@H]2[C@@H](CCN2Cc2cccnc2)N1CC1CC1. The van der Waals surface area contributed by atoms with E-state index in [0.29, 0.717) is 18.0 Å². The highest BCUT2D eigenvalue weighted by Gasteiger charge is 2.44. The molecule has 3 aliphatic rings. The van der Waals surface area contributed by atoms with Gasteiger partial charge in [-0.3, -0.25) is 14.7 Å². The van der Waals surface area contributed by atoms with Crippen LogP contribution in [0.4, 0.5) is 26.3 Å². The number of amides is 1. The summed E-state index contributed by atoms with van der Waals surface area (Å²) < 4.78 is 63.5. The number of halogens is 6. The van der Waals surface area contributed by atoms with Gasteiger partial charge < -0.3 is 15.1 Å². The summed E-state index contributed by atoms with van der Waals surface area (Å²) in [5, 5.41) is 14.2. The highest BCUT2D eigenvalue weighted by Crippen LogP contribution is 2.37. The predicted octanol–water partition coefficient (Wildman–Crippen LogP) is 3.32. The van der Waals surface area contributed by atoms with E-state index < -0.39 is 24.3 Å². The van der Waals surface area contributed by atoms with Gasteiger partial charge in [0.2, 0.25) is 5.91 Å². The highest BCUT2D eigenvalue weighted by molar-refractivity contribution is 5.78.